The maximum absolute atomic E-state index is 10.9. The molecule has 2 aliphatic carbocycles. The van der Waals surface area contributed by atoms with Crippen molar-refractivity contribution in [3.8, 4) is 0 Å². The Kier molecular flexibility index (Phi) is 1.47. The van der Waals surface area contributed by atoms with E-state index < -0.39 is 5.97 Å². The molecule has 14 heavy (non-hydrogen) atoms. The fourth-order valence-electron chi connectivity index (χ4n) is 2.34. The molecule has 1 N–H and O–H groups in total. The number of allylic oxidation sites excluding steroid dienone is 2. The highest BCUT2D eigenvalue weighted by molar-refractivity contribution is 5.82. The first kappa shape index (κ1) is 8.00. The minimum absolute atomic E-state index is 0.00407. The largest absolute Gasteiger partial charge is 0.481 e. The van der Waals surface area contributed by atoms with Crippen LogP contribution in [-0.2, 0) is 9.53 Å². The van der Waals surface area contributed by atoms with Crippen LogP contribution in [0.3, 0.4) is 0 Å². The van der Waals surface area contributed by atoms with E-state index in [0.717, 1.165) is 11.1 Å². The summed E-state index contributed by atoms with van der Waals surface area (Å²) in [4.78, 5) is 10.9. The highest BCUT2D eigenvalue weighted by Gasteiger charge is 2.54. The lowest BCUT2D eigenvalue weighted by Gasteiger charge is -2.20. The average Bonchev–Trinajstić information content (AvgIpc) is 2.92. The second kappa shape index (κ2) is 2.58. The van der Waals surface area contributed by atoms with Gasteiger partial charge in [-0.15, -0.1) is 0 Å². The van der Waals surface area contributed by atoms with E-state index in [4.69, 9.17) is 9.84 Å². The summed E-state index contributed by atoms with van der Waals surface area (Å²) < 4.78 is 5.56. The first-order valence-electron chi connectivity index (χ1n) is 4.72. The van der Waals surface area contributed by atoms with Crippen molar-refractivity contribution in [2.45, 2.75) is 6.10 Å². The van der Waals surface area contributed by atoms with Crippen LogP contribution < -0.4 is 0 Å². The Bertz CT molecular complexity index is 389. The highest BCUT2D eigenvalue weighted by Crippen LogP contribution is 2.52. The van der Waals surface area contributed by atoms with Crippen molar-refractivity contribution in [2.24, 2.45) is 11.8 Å². The van der Waals surface area contributed by atoms with Gasteiger partial charge < -0.3 is 9.84 Å². The summed E-state index contributed by atoms with van der Waals surface area (Å²) in [6.07, 6.45) is 7.80. The molecule has 0 amide bonds. The standard InChI is InChI=1S/C11H10O3/c12-11(13)10-7-5-14-8-4-2-1-3-6(8)9(7)10/h1-4,7-8,10H,5H2,(H,12,13). The average molecular weight is 190 g/mol. The van der Waals surface area contributed by atoms with Crippen molar-refractivity contribution < 1.29 is 14.6 Å². The van der Waals surface area contributed by atoms with E-state index in [-0.39, 0.29) is 17.9 Å². The Morgan fingerprint density at radius 1 is 1.50 bits per heavy atom. The molecule has 1 saturated carbocycles. The van der Waals surface area contributed by atoms with Gasteiger partial charge in [0.1, 0.15) is 6.10 Å². The van der Waals surface area contributed by atoms with Gasteiger partial charge in [0.25, 0.3) is 0 Å². The molecule has 3 rings (SSSR count). The highest BCUT2D eigenvalue weighted by atomic mass is 16.5. The molecule has 1 fully saturated rings. The van der Waals surface area contributed by atoms with Gasteiger partial charge in [-0.2, -0.15) is 0 Å². The van der Waals surface area contributed by atoms with Crippen LogP contribution in [0.2, 0.25) is 0 Å². The van der Waals surface area contributed by atoms with Crippen LogP contribution in [0.25, 0.3) is 0 Å². The number of hydrogen-bond donors (Lipinski definition) is 1. The van der Waals surface area contributed by atoms with Crippen LogP contribution in [0.4, 0.5) is 0 Å². The maximum atomic E-state index is 10.9. The molecule has 1 heterocycles. The molecule has 0 bridgehead atoms. The third kappa shape index (κ3) is 0.930. The molecule has 3 heteroatoms. The fraction of sp³-hybridized carbons (Fsp3) is 0.364. The molecule has 0 aromatic rings. The zero-order chi connectivity index (χ0) is 9.71. The topological polar surface area (TPSA) is 46.5 Å². The Hall–Kier alpha value is -1.35. The van der Waals surface area contributed by atoms with Gasteiger partial charge in [0.05, 0.1) is 12.5 Å². The van der Waals surface area contributed by atoms with Gasteiger partial charge in [-0.3, -0.25) is 4.79 Å². The molecule has 0 radical (unpaired) electrons. The van der Waals surface area contributed by atoms with E-state index >= 15 is 0 Å². The summed E-state index contributed by atoms with van der Waals surface area (Å²) in [7, 11) is 0. The first-order valence-corrected chi connectivity index (χ1v) is 4.72. The molecule has 3 unspecified atom stereocenters. The quantitative estimate of drug-likeness (QED) is 0.674. The van der Waals surface area contributed by atoms with Crippen LogP contribution in [0.5, 0.6) is 0 Å². The van der Waals surface area contributed by atoms with Crippen LogP contribution in [0.15, 0.2) is 35.5 Å². The second-order valence-corrected chi connectivity index (χ2v) is 3.83. The van der Waals surface area contributed by atoms with Crippen LogP contribution in [0.1, 0.15) is 0 Å². The molecule has 0 spiro atoms. The van der Waals surface area contributed by atoms with Crippen molar-refractivity contribution >= 4 is 5.97 Å². The number of hydrogen-bond acceptors (Lipinski definition) is 2. The molecule has 0 aromatic heterocycles. The van der Waals surface area contributed by atoms with Gasteiger partial charge in [0.2, 0.25) is 0 Å². The predicted molar refractivity (Wildman–Crippen MR) is 49.7 cm³/mol. The number of carbonyl (C=O) groups is 1. The Morgan fingerprint density at radius 3 is 3.14 bits per heavy atom. The molecule has 3 aliphatic rings. The summed E-state index contributed by atoms with van der Waals surface area (Å²) >= 11 is 0. The monoisotopic (exact) mass is 190 g/mol. The normalized spacial score (nSPS) is 37.9. The third-order valence-electron chi connectivity index (χ3n) is 3.06. The van der Waals surface area contributed by atoms with E-state index in [2.05, 4.69) is 0 Å². The van der Waals surface area contributed by atoms with E-state index in [1.807, 2.05) is 24.3 Å². The molecule has 0 aromatic carbocycles. The van der Waals surface area contributed by atoms with Gasteiger partial charge in [-0.1, -0.05) is 24.3 Å². The minimum Gasteiger partial charge on any atom is -0.481 e. The summed E-state index contributed by atoms with van der Waals surface area (Å²) in [6, 6.07) is 0. The van der Waals surface area contributed by atoms with Crippen molar-refractivity contribution in [3.05, 3.63) is 35.5 Å². The van der Waals surface area contributed by atoms with Crippen molar-refractivity contribution in [2.75, 3.05) is 6.61 Å². The fourth-order valence-corrected chi connectivity index (χ4v) is 2.34. The molecule has 1 aliphatic heterocycles. The molecular weight excluding hydrogens is 180 g/mol. The third-order valence-corrected chi connectivity index (χ3v) is 3.06. The number of carboxylic acids is 1. The number of ether oxygens (including phenoxy) is 1. The lowest BCUT2D eigenvalue weighted by molar-refractivity contribution is -0.138. The second-order valence-electron chi connectivity index (χ2n) is 3.83. The van der Waals surface area contributed by atoms with E-state index in [9.17, 15) is 4.79 Å². The molecule has 3 nitrogen and oxygen atoms in total. The number of rotatable bonds is 1. The summed E-state index contributed by atoms with van der Waals surface area (Å²) in [5.74, 6) is -0.870. The lowest BCUT2D eigenvalue weighted by Crippen LogP contribution is -2.19. The number of fused-ring (bicyclic) bond motifs is 2. The zero-order valence-corrected chi connectivity index (χ0v) is 7.51. The SMILES string of the molecule is O=C(O)C1C2=C3C=CC=CC3OCC21. The lowest BCUT2D eigenvalue weighted by atomic mass is 10.0. The minimum atomic E-state index is -0.718. The van der Waals surface area contributed by atoms with E-state index in [1.165, 1.54) is 0 Å². The Morgan fingerprint density at radius 2 is 2.36 bits per heavy atom. The van der Waals surface area contributed by atoms with Crippen LogP contribution >= 0.6 is 0 Å². The predicted octanol–water partition coefficient (Wildman–Crippen LogP) is 1.14. The summed E-state index contributed by atoms with van der Waals surface area (Å²) in [6.45, 7) is 0.554. The Balaban J connectivity index is 2.01. The van der Waals surface area contributed by atoms with Crippen molar-refractivity contribution in [1.82, 2.24) is 0 Å². The zero-order valence-electron chi connectivity index (χ0n) is 7.51. The molecule has 72 valence electrons. The van der Waals surface area contributed by atoms with Gasteiger partial charge in [-0.25, -0.2) is 0 Å². The van der Waals surface area contributed by atoms with Gasteiger partial charge in [0.15, 0.2) is 0 Å². The molecular formula is C11H10O3. The smallest absolute Gasteiger partial charge is 0.311 e. The van der Waals surface area contributed by atoms with Gasteiger partial charge in [0, 0.05) is 5.92 Å². The van der Waals surface area contributed by atoms with E-state index in [0.29, 0.717) is 6.61 Å². The number of carboxylic acid groups (broad SMARTS) is 1. The van der Waals surface area contributed by atoms with Gasteiger partial charge in [-0.05, 0) is 11.1 Å². The summed E-state index contributed by atoms with van der Waals surface area (Å²) in [5, 5.41) is 8.94. The van der Waals surface area contributed by atoms with Crippen LogP contribution in [-0.4, -0.2) is 23.8 Å². The Labute approximate surface area is 81.4 Å². The van der Waals surface area contributed by atoms with Crippen molar-refractivity contribution in [1.29, 1.82) is 0 Å². The van der Waals surface area contributed by atoms with E-state index in [1.54, 1.807) is 0 Å². The maximum Gasteiger partial charge on any atom is 0.311 e. The molecule has 0 saturated heterocycles. The van der Waals surface area contributed by atoms with Gasteiger partial charge >= 0.3 is 5.97 Å². The number of aliphatic carboxylic acids is 1. The first-order chi connectivity index (χ1) is 6.79. The van der Waals surface area contributed by atoms with Crippen molar-refractivity contribution in [3.63, 3.8) is 0 Å². The summed E-state index contributed by atoms with van der Waals surface area (Å²) in [5.41, 5.74) is 2.14. The van der Waals surface area contributed by atoms with Crippen LogP contribution in [0, 0.1) is 11.8 Å². The molecule has 3 atom stereocenters.